The highest BCUT2D eigenvalue weighted by Crippen LogP contribution is 2.28. The Balaban J connectivity index is 3.12. The third-order valence-electron chi connectivity index (χ3n) is 2.59. The molecule has 1 rings (SSSR count). The molecule has 0 saturated carbocycles. The first-order valence-electron chi connectivity index (χ1n) is 6.09. The summed E-state index contributed by atoms with van der Waals surface area (Å²) in [4.78, 5) is 0.0755. The van der Waals surface area contributed by atoms with E-state index in [9.17, 15) is 8.42 Å². The summed E-state index contributed by atoms with van der Waals surface area (Å²) in [5, 5.41) is 6.20. The van der Waals surface area contributed by atoms with Crippen LogP contribution in [0, 0.1) is 0 Å². The first kappa shape index (κ1) is 17.4. The van der Waals surface area contributed by atoms with Crippen LogP contribution >= 0.6 is 12.2 Å². The third-order valence-corrected chi connectivity index (χ3v) is 4.67. The Kier molecular flexibility index (Phi) is 6.13. The molecular weight excluding hydrogens is 310 g/mol. The van der Waals surface area contributed by atoms with Gasteiger partial charge in [-0.25, -0.2) is 12.7 Å². The maximum Gasteiger partial charge on any atom is 0.246 e. The van der Waals surface area contributed by atoms with E-state index in [4.69, 9.17) is 17.0 Å². The molecule has 1 aromatic carbocycles. The number of anilines is 1. The maximum atomic E-state index is 12.3. The van der Waals surface area contributed by atoms with Crippen LogP contribution < -0.4 is 15.4 Å². The zero-order chi connectivity index (χ0) is 16.0. The van der Waals surface area contributed by atoms with E-state index in [0.717, 1.165) is 4.31 Å². The molecule has 0 aromatic heterocycles. The fourth-order valence-electron chi connectivity index (χ4n) is 1.49. The highest BCUT2D eigenvalue weighted by molar-refractivity contribution is 7.89. The highest BCUT2D eigenvalue weighted by Gasteiger charge is 2.22. The number of rotatable bonds is 6. The Hall–Kier alpha value is -1.64. The second kappa shape index (κ2) is 7.39. The zero-order valence-electron chi connectivity index (χ0n) is 12.2. The third kappa shape index (κ3) is 4.42. The molecule has 0 unspecified atom stereocenters. The van der Waals surface area contributed by atoms with Gasteiger partial charge in [0.2, 0.25) is 10.0 Å². The fraction of sp³-hybridized carbons (Fsp3) is 0.308. The Morgan fingerprint density at radius 2 is 2.14 bits per heavy atom. The van der Waals surface area contributed by atoms with Crippen molar-refractivity contribution in [1.29, 1.82) is 0 Å². The summed E-state index contributed by atoms with van der Waals surface area (Å²) < 4.78 is 30.8. The molecule has 1 aromatic rings. The molecule has 21 heavy (non-hydrogen) atoms. The second-order valence-electron chi connectivity index (χ2n) is 4.28. The molecule has 0 heterocycles. The summed E-state index contributed by atoms with van der Waals surface area (Å²) in [6, 6.07) is 4.75. The van der Waals surface area contributed by atoms with Gasteiger partial charge in [0.15, 0.2) is 5.11 Å². The van der Waals surface area contributed by atoms with E-state index in [1.807, 2.05) is 0 Å². The first-order valence-corrected chi connectivity index (χ1v) is 7.94. The van der Waals surface area contributed by atoms with Crippen LogP contribution in [0.4, 0.5) is 5.69 Å². The van der Waals surface area contributed by atoms with Crippen molar-refractivity contribution in [2.75, 3.05) is 33.1 Å². The average molecular weight is 329 g/mol. The quantitative estimate of drug-likeness (QED) is 0.607. The number of sulfonamides is 1. The standard InChI is InChI=1S/C13H19N3O3S2/c1-5-8-14-13(20)15-10-6-7-11(19-4)12(9-10)21(17,18)16(2)3/h5-7,9H,1,8H2,2-4H3,(H2,14,15,20). The minimum Gasteiger partial charge on any atom is -0.495 e. The average Bonchev–Trinajstić information content (AvgIpc) is 2.44. The zero-order valence-corrected chi connectivity index (χ0v) is 13.8. The van der Waals surface area contributed by atoms with E-state index < -0.39 is 10.0 Å². The topological polar surface area (TPSA) is 70.7 Å². The van der Waals surface area contributed by atoms with E-state index in [2.05, 4.69) is 17.2 Å². The van der Waals surface area contributed by atoms with Gasteiger partial charge in [0.05, 0.1) is 7.11 Å². The van der Waals surface area contributed by atoms with Gasteiger partial charge in [-0.2, -0.15) is 0 Å². The Bertz CT molecular complexity index is 628. The summed E-state index contributed by atoms with van der Waals surface area (Å²) in [7, 11) is 0.744. The smallest absolute Gasteiger partial charge is 0.246 e. The van der Waals surface area contributed by atoms with Crippen LogP contribution in [0.1, 0.15) is 0 Å². The van der Waals surface area contributed by atoms with Gasteiger partial charge in [0.1, 0.15) is 10.6 Å². The molecular formula is C13H19N3O3S2. The van der Waals surface area contributed by atoms with Gasteiger partial charge in [0.25, 0.3) is 0 Å². The van der Waals surface area contributed by atoms with Crippen molar-refractivity contribution in [2.45, 2.75) is 4.90 Å². The van der Waals surface area contributed by atoms with E-state index in [-0.39, 0.29) is 10.6 Å². The summed E-state index contributed by atoms with van der Waals surface area (Å²) in [5.41, 5.74) is 0.554. The minimum absolute atomic E-state index is 0.0755. The van der Waals surface area contributed by atoms with Crippen LogP contribution in [0.25, 0.3) is 0 Å². The lowest BCUT2D eigenvalue weighted by molar-refractivity contribution is 0.400. The summed E-state index contributed by atoms with van der Waals surface area (Å²) in [5.74, 6) is 0.277. The van der Waals surface area contributed by atoms with Crippen molar-refractivity contribution in [1.82, 2.24) is 9.62 Å². The molecule has 0 spiro atoms. The summed E-state index contributed by atoms with van der Waals surface area (Å²) in [6.45, 7) is 4.10. The van der Waals surface area contributed by atoms with E-state index in [0.29, 0.717) is 17.3 Å². The first-order chi connectivity index (χ1) is 9.82. The van der Waals surface area contributed by atoms with E-state index in [1.54, 1.807) is 18.2 Å². The predicted octanol–water partition coefficient (Wildman–Crippen LogP) is 1.42. The van der Waals surface area contributed by atoms with Crippen molar-refractivity contribution in [2.24, 2.45) is 0 Å². The molecule has 0 bridgehead atoms. The molecule has 0 saturated heterocycles. The lowest BCUT2D eigenvalue weighted by atomic mass is 10.3. The molecule has 8 heteroatoms. The molecule has 0 aliphatic carbocycles. The van der Waals surface area contributed by atoms with Crippen LogP contribution in [-0.2, 0) is 10.0 Å². The largest absolute Gasteiger partial charge is 0.495 e. The highest BCUT2D eigenvalue weighted by atomic mass is 32.2. The van der Waals surface area contributed by atoms with Crippen molar-refractivity contribution >= 4 is 33.0 Å². The normalized spacial score (nSPS) is 11.0. The number of nitrogens with zero attached hydrogens (tertiary/aromatic N) is 1. The van der Waals surface area contributed by atoms with E-state index >= 15 is 0 Å². The van der Waals surface area contributed by atoms with E-state index in [1.165, 1.54) is 27.3 Å². The van der Waals surface area contributed by atoms with Gasteiger partial charge in [-0.15, -0.1) is 6.58 Å². The predicted molar refractivity (Wildman–Crippen MR) is 88.3 cm³/mol. The van der Waals surface area contributed by atoms with Crippen molar-refractivity contribution < 1.29 is 13.2 Å². The SMILES string of the molecule is C=CCNC(=S)Nc1ccc(OC)c(S(=O)(=O)N(C)C)c1. The lowest BCUT2D eigenvalue weighted by Gasteiger charge is -2.16. The van der Waals surface area contributed by atoms with Gasteiger partial charge in [-0.3, -0.25) is 0 Å². The van der Waals surface area contributed by atoms with Crippen LogP contribution in [0.15, 0.2) is 35.7 Å². The van der Waals surface area contributed by atoms with Gasteiger partial charge >= 0.3 is 0 Å². The Labute approximate surface area is 130 Å². The number of nitrogens with one attached hydrogen (secondary N) is 2. The Morgan fingerprint density at radius 1 is 1.48 bits per heavy atom. The molecule has 6 nitrogen and oxygen atoms in total. The number of ether oxygens (including phenoxy) is 1. The lowest BCUT2D eigenvalue weighted by Crippen LogP contribution is -2.28. The van der Waals surface area contributed by atoms with Crippen LogP contribution in [0.2, 0.25) is 0 Å². The van der Waals surface area contributed by atoms with Crippen molar-refractivity contribution in [3.63, 3.8) is 0 Å². The second-order valence-corrected chi connectivity index (χ2v) is 6.81. The molecule has 0 atom stereocenters. The number of thiocarbonyl (C=S) groups is 1. The summed E-state index contributed by atoms with van der Waals surface area (Å²) >= 11 is 5.09. The molecule has 116 valence electrons. The van der Waals surface area contributed by atoms with Crippen LogP contribution in [0.3, 0.4) is 0 Å². The summed E-state index contributed by atoms with van der Waals surface area (Å²) in [6.07, 6.45) is 1.67. The van der Waals surface area contributed by atoms with Crippen molar-refractivity contribution in [3.8, 4) is 5.75 Å². The maximum absolute atomic E-state index is 12.3. The van der Waals surface area contributed by atoms with Crippen LogP contribution in [0.5, 0.6) is 5.75 Å². The fourth-order valence-corrected chi connectivity index (χ4v) is 2.77. The molecule has 0 amide bonds. The number of benzene rings is 1. The van der Waals surface area contributed by atoms with Crippen molar-refractivity contribution in [3.05, 3.63) is 30.9 Å². The van der Waals surface area contributed by atoms with Gasteiger partial charge in [-0.05, 0) is 30.4 Å². The Morgan fingerprint density at radius 3 is 2.67 bits per heavy atom. The van der Waals surface area contributed by atoms with Gasteiger partial charge in [0, 0.05) is 26.3 Å². The number of methoxy groups -OCH3 is 1. The minimum atomic E-state index is -3.61. The molecule has 0 aliphatic rings. The van der Waals surface area contributed by atoms with Gasteiger partial charge < -0.3 is 15.4 Å². The monoisotopic (exact) mass is 329 g/mol. The number of hydrogen-bond donors (Lipinski definition) is 2. The van der Waals surface area contributed by atoms with Gasteiger partial charge in [-0.1, -0.05) is 6.08 Å². The molecule has 2 N–H and O–H groups in total. The van der Waals surface area contributed by atoms with Crippen LogP contribution in [-0.4, -0.2) is 45.6 Å². The number of hydrogen-bond acceptors (Lipinski definition) is 4. The molecule has 0 radical (unpaired) electrons. The molecule has 0 fully saturated rings. The molecule has 0 aliphatic heterocycles.